The second-order valence-corrected chi connectivity index (χ2v) is 5.14. The molecule has 6 nitrogen and oxygen atoms in total. The average molecular weight is 293 g/mol. The third kappa shape index (κ3) is 5.06. The lowest BCUT2D eigenvalue weighted by Crippen LogP contribution is -2.46. The summed E-state index contributed by atoms with van der Waals surface area (Å²) in [7, 11) is 1.70. The van der Waals surface area contributed by atoms with Crippen LogP contribution in [0.2, 0.25) is 0 Å². The molecule has 2 amide bonds. The molecule has 0 aromatic carbocycles. The maximum atomic E-state index is 12.4. The third-order valence-corrected chi connectivity index (χ3v) is 3.26. The molecule has 6 heteroatoms. The summed E-state index contributed by atoms with van der Waals surface area (Å²) in [6.45, 7) is 6.36. The predicted octanol–water partition coefficient (Wildman–Crippen LogP) is 2.13. The minimum Gasteiger partial charge on any atom is -0.481 e. The summed E-state index contributed by atoms with van der Waals surface area (Å²) in [4.78, 5) is 30.7. The molecule has 21 heavy (non-hydrogen) atoms. The molecule has 1 atom stereocenters. The topological polar surface area (TPSA) is 73.7 Å². The molecule has 0 aliphatic carbocycles. The van der Waals surface area contributed by atoms with Crippen LogP contribution >= 0.6 is 0 Å². The number of carbonyl (C=O) groups is 2. The fraction of sp³-hybridized carbons (Fsp3) is 0.533. The van der Waals surface area contributed by atoms with Crippen LogP contribution in [0.3, 0.4) is 0 Å². The van der Waals surface area contributed by atoms with Crippen molar-refractivity contribution in [1.82, 2.24) is 14.8 Å². The second kappa shape index (κ2) is 7.61. The number of nitrogens with zero attached hydrogens (tertiary/aromatic N) is 3. The SMILES string of the molecule is CCN(C(=O)N(C)Cc1cccc(C)n1)C(C)CC(=O)O. The number of hydrogen-bond donors (Lipinski definition) is 1. The van der Waals surface area contributed by atoms with Gasteiger partial charge in [-0.1, -0.05) is 6.07 Å². The summed E-state index contributed by atoms with van der Waals surface area (Å²) in [6.07, 6.45) is -0.0594. The first-order chi connectivity index (χ1) is 9.85. The number of rotatable bonds is 6. The van der Waals surface area contributed by atoms with Crippen molar-refractivity contribution in [3.05, 3.63) is 29.6 Å². The van der Waals surface area contributed by atoms with Crippen LogP contribution in [0.1, 0.15) is 31.7 Å². The van der Waals surface area contributed by atoms with Gasteiger partial charge in [0, 0.05) is 25.3 Å². The van der Waals surface area contributed by atoms with E-state index < -0.39 is 5.97 Å². The molecule has 0 spiro atoms. The molecular formula is C15H23N3O3. The van der Waals surface area contributed by atoms with Crippen LogP contribution in [0.4, 0.5) is 4.79 Å². The highest BCUT2D eigenvalue weighted by molar-refractivity contribution is 5.75. The fourth-order valence-corrected chi connectivity index (χ4v) is 2.22. The Morgan fingerprint density at radius 1 is 1.38 bits per heavy atom. The van der Waals surface area contributed by atoms with Gasteiger partial charge in [-0.25, -0.2) is 4.79 Å². The lowest BCUT2D eigenvalue weighted by molar-refractivity contribution is -0.138. The van der Waals surface area contributed by atoms with Crippen molar-refractivity contribution in [2.75, 3.05) is 13.6 Å². The van der Waals surface area contributed by atoms with E-state index in [4.69, 9.17) is 5.11 Å². The van der Waals surface area contributed by atoms with Gasteiger partial charge in [0.1, 0.15) is 0 Å². The van der Waals surface area contributed by atoms with E-state index in [0.717, 1.165) is 11.4 Å². The Kier molecular flexibility index (Phi) is 6.14. The van der Waals surface area contributed by atoms with Crippen molar-refractivity contribution in [3.63, 3.8) is 0 Å². The minimum absolute atomic E-state index is 0.0594. The number of urea groups is 1. The van der Waals surface area contributed by atoms with Crippen molar-refractivity contribution in [2.24, 2.45) is 0 Å². The van der Waals surface area contributed by atoms with Crippen LogP contribution in [0, 0.1) is 6.92 Å². The quantitative estimate of drug-likeness (QED) is 0.872. The number of carboxylic acid groups (broad SMARTS) is 1. The Balaban J connectivity index is 2.73. The van der Waals surface area contributed by atoms with Crippen LogP contribution < -0.4 is 0 Å². The molecule has 0 saturated heterocycles. The van der Waals surface area contributed by atoms with E-state index in [1.807, 2.05) is 32.0 Å². The van der Waals surface area contributed by atoms with Gasteiger partial charge in [0.15, 0.2) is 0 Å². The highest BCUT2D eigenvalue weighted by Crippen LogP contribution is 2.10. The lowest BCUT2D eigenvalue weighted by Gasteiger charge is -2.31. The van der Waals surface area contributed by atoms with Gasteiger partial charge < -0.3 is 14.9 Å². The monoisotopic (exact) mass is 293 g/mol. The normalized spacial score (nSPS) is 11.8. The molecule has 0 aliphatic rings. The summed E-state index contributed by atoms with van der Waals surface area (Å²) in [5.74, 6) is -0.906. The number of carboxylic acids is 1. The van der Waals surface area contributed by atoms with E-state index >= 15 is 0 Å². The van der Waals surface area contributed by atoms with Gasteiger partial charge in [-0.05, 0) is 32.9 Å². The number of hydrogen-bond acceptors (Lipinski definition) is 3. The van der Waals surface area contributed by atoms with E-state index in [2.05, 4.69) is 4.98 Å². The first kappa shape index (κ1) is 16.9. The van der Waals surface area contributed by atoms with Gasteiger partial charge in [0.25, 0.3) is 0 Å². The van der Waals surface area contributed by atoms with Crippen LogP contribution in [0.25, 0.3) is 0 Å². The smallest absolute Gasteiger partial charge is 0.320 e. The zero-order valence-electron chi connectivity index (χ0n) is 13.0. The average Bonchev–Trinajstić information content (AvgIpc) is 2.38. The number of carbonyl (C=O) groups excluding carboxylic acids is 1. The van der Waals surface area contributed by atoms with E-state index in [1.165, 1.54) is 0 Å². The summed E-state index contributed by atoms with van der Waals surface area (Å²) in [6, 6.07) is 5.15. The summed E-state index contributed by atoms with van der Waals surface area (Å²) < 4.78 is 0. The highest BCUT2D eigenvalue weighted by Gasteiger charge is 2.23. The lowest BCUT2D eigenvalue weighted by atomic mass is 10.2. The van der Waals surface area contributed by atoms with Gasteiger partial charge in [-0.15, -0.1) is 0 Å². The van der Waals surface area contributed by atoms with Crippen molar-refractivity contribution in [3.8, 4) is 0 Å². The van der Waals surface area contributed by atoms with Gasteiger partial charge in [0.2, 0.25) is 0 Å². The number of aliphatic carboxylic acids is 1. The molecule has 116 valence electrons. The first-order valence-electron chi connectivity index (χ1n) is 7.01. The largest absolute Gasteiger partial charge is 0.481 e. The van der Waals surface area contributed by atoms with Crippen molar-refractivity contribution in [1.29, 1.82) is 0 Å². The summed E-state index contributed by atoms with van der Waals surface area (Å²) in [5.41, 5.74) is 1.72. The van der Waals surface area contributed by atoms with E-state index in [-0.39, 0.29) is 18.5 Å². The van der Waals surface area contributed by atoms with Gasteiger partial charge in [-0.2, -0.15) is 0 Å². The Morgan fingerprint density at radius 2 is 2.05 bits per heavy atom. The molecule has 1 aromatic heterocycles. The first-order valence-corrected chi connectivity index (χ1v) is 7.01. The van der Waals surface area contributed by atoms with Crippen LogP contribution in [-0.2, 0) is 11.3 Å². The van der Waals surface area contributed by atoms with Gasteiger partial charge in [-0.3, -0.25) is 9.78 Å². The number of aryl methyl sites for hydroxylation is 1. The molecule has 1 N–H and O–H groups in total. The molecule has 0 radical (unpaired) electrons. The number of pyridine rings is 1. The predicted molar refractivity (Wildman–Crippen MR) is 79.9 cm³/mol. The van der Waals surface area contributed by atoms with Crippen molar-refractivity contribution >= 4 is 12.0 Å². The van der Waals surface area contributed by atoms with E-state index in [9.17, 15) is 9.59 Å². The van der Waals surface area contributed by atoms with E-state index in [1.54, 1.807) is 23.8 Å². The highest BCUT2D eigenvalue weighted by atomic mass is 16.4. The van der Waals surface area contributed by atoms with Crippen LogP contribution in [0.15, 0.2) is 18.2 Å². The Bertz CT molecular complexity index is 505. The molecule has 0 bridgehead atoms. The molecule has 1 unspecified atom stereocenters. The Hall–Kier alpha value is -2.11. The van der Waals surface area contributed by atoms with Crippen LogP contribution in [-0.4, -0.2) is 51.5 Å². The van der Waals surface area contributed by atoms with E-state index in [0.29, 0.717) is 13.1 Å². The summed E-state index contributed by atoms with van der Waals surface area (Å²) >= 11 is 0. The molecule has 0 fully saturated rings. The van der Waals surface area contributed by atoms with Gasteiger partial charge in [0.05, 0.1) is 18.7 Å². The molecule has 1 aromatic rings. The van der Waals surface area contributed by atoms with Crippen molar-refractivity contribution < 1.29 is 14.7 Å². The van der Waals surface area contributed by atoms with Gasteiger partial charge >= 0.3 is 12.0 Å². The number of aromatic nitrogens is 1. The maximum Gasteiger partial charge on any atom is 0.320 e. The maximum absolute atomic E-state index is 12.4. The second-order valence-electron chi connectivity index (χ2n) is 5.14. The zero-order chi connectivity index (χ0) is 16.0. The molecular weight excluding hydrogens is 270 g/mol. The number of amides is 2. The molecule has 0 saturated carbocycles. The van der Waals surface area contributed by atoms with Crippen molar-refractivity contribution in [2.45, 2.75) is 39.8 Å². The summed E-state index contributed by atoms with van der Waals surface area (Å²) in [5, 5.41) is 8.85. The zero-order valence-corrected chi connectivity index (χ0v) is 13.0. The third-order valence-electron chi connectivity index (χ3n) is 3.26. The standard InChI is InChI=1S/C15H23N3O3/c1-5-18(12(3)9-14(19)20)15(21)17(4)10-13-8-6-7-11(2)16-13/h6-8,12H,5,9-10H2,1-4H3,(H,19,20). The Labute approximate surface area is 125 Å². The minimum atomic E-state index is -0.906. The molecule has 1 rings (SSSR count). The van der Waals surface area contributed by atoms with Crippen LogP contribution in [0.5, 0.6) is 0 Å². The fourth-order valence-electron chi connectivity index (χ4n) is 2.22. The Morgan fingerprint density at radius 3 is 2.57 bits per heavy atom. The molecule has 0 aliphatic heterocycles. The molecule has 1 heterocycles.